The lowest BCUT2D eigenvalue weighted by molar-refractivity contribution is 0.477. The Hall–Kier alpha value is -2.69. The van der Waals surface area contributed by atoms with Crippen molar-refractivity contribution in [3.05, 3.63) is 72.7 Å². The van der Waals surface area contributed by atoms with Gasteiger partial charge in [-0.25, -0.2) is 15.0 Å². The highest BCUT2D eigenvalue weighted by Gasteiger charge is 2.16. The molecule has 0 amide bonds. The number of benzene rings is 1. The largest absolute Gasteiger partial charge is 0.469 e. The highest BCUT2D eigenvalue weighted by molar-refractivity contribution is 5.28. The van der Waals surface area contributed by atoms with Crippen molar-refractivity contribution in [2.45, 2.75) is 12.3 Å². The molecule has 0 aliphatic rings. The molecule has 106 valence electrons. The molecule has 0 aliphatic heterocycles. The number of hydrogen-bond donors (Lipinski definition) is 1. The normalized spacial score (nSPS) is 12.0. The monoisotopic (exact) mass is 280 g/mol. The first kappa shape index (κ1) is 13.3. The summed E-state index contributed by atoms with van der Waals surface area (Å²) in [5.74, 6) is 1.78. The smallest absolute Gasteiger partial charge is 0.225 e. The fourth-order valence-electron chi connectivity index (χ4n) is 2.31. The average Bonchev–Trinajstić information content (AvgIpc) is 3.07. The van der Waals surface area contributed by atoms with Crippen LogP contribution in [0.15, 0.2) is 65.8 Å². The number of rotatable bonds is 6. The number of aromatic nitrogens is 3. The van der Waals surface area contributed by atoms with Crippen molar-refractivity contribution in [1.82, 2.24) is 15.0 Å². The molecule has 0 fully saturated rings. The van der Waals surface area contributed by atoms with Crippen LogP contribution in [0.25, 0.3) is 0 Å². The SMILES string of the molecule is c1ccc([C@@H](CCNc2ncncn2)c2ccco2)cc1. The molecule has 5 heteroatoms. The molecule has 3 rings (SSSR count). The van der Waals surface area contributed by atoms with Gasteiger partial charge in [-0.1, -0.05) is 30.3 Å². The van der Waals surface area contributed by atoms with Crippen molar-refractivity contribution in [2.24, 2.45) is 0 Å². The maximum absolute atomic E-state index is 5.58. The van der Waals surface area contributed by atoms with E-state index in [4.69, 9.17) is 4.42 Å². The van der Waals surface area contributed by atoms with Gasteiger partial charge in [0.25, 0.3) is 0 Å². The third kappa shape index (κ3) is 3.45. The maximum Gasteiger partial charge on any atom is 0.225 e. The molecular formula is C16H16N4O. The Morgan fingerprint density at radius 3 is 2.52 bits per heavy atom. The second kappa shape index (κ2) is 6.65. The Labute approximate surface area is 123 Å². The molecule has 0 bridgehead atoms. The lowest BCUT2D eigenvalue weighted by Gasteiger charge is -2.15. The summed E-state index contributed by atoms with van der Waals surface area (Å²) in [7, 11) is 0. The van der Waals surface area contributed by atoms with Gasteiger partial charge in [0.15, 0.2) is 0 Å². The van der Waals surface area contributed by atoms with Crippen LogP contribution in [0, 0.1) is 0 Å². The van der Waals surface area contributed by atoms with Crippen LogP contribution in [0.2, 0.25) is 0 Å². The number of anilines is 1. The highest BCUT2D eigenvalue weighted by atomic mass is 16.3. The van der Waals surface area contributed by atoms with E-state index in [1.165, 1.54) is 18.2 Å². The van der Waals surface area contributed by atoms with Crippen LogP contribution in [-0.2, 0) is 0 Å². The molecule has 21 heavy (non-hydrogen) atoms. The van der Waals surface area contributed by atoms with Crippen molar-refractivity contribution in [2.75, 3.05) is 11.9 Å². The minimum absolute atomic E-state index is 0.218. The minimum atomic E-state index is 0.218. The third-order valence-corrected chi connectivity index (χ3v) is 3.30. The number of hydrogen-bond acceptors (Lipinski definition) is 5. The van der Waals surface area contributed by atoms with Gasteiger partial charge in [0, 0.05) is 12.5 Å². The summed E-state index contributed by atoms with van der Waals surface area (Å²) in [6.07, 6.45) is 5.57. The molecule has 0 unspecified atom stereocenters. The van der Waals surface area contributed by atoms with Crippen molar-refractivity contribution in [3.8, 4) is 0 Å². The maximum atomic E-state index is 5.58. The molecule has 1 N–H and O–H groups in total. The second-order valence-electron chi connectivity index (χ2n) is 4.66. The minimum Gasteiger partial charge on any atom is -0.469 e. The zero-order valence-electron chi connectivity index (χ0n) is 11.5. The van der Waals surface area contributed by atoms with Crippen molar-refractivity contribution >= 4 is 5.95 Å². The van der Waals surface area contributed by atoms with Crippen LogP contribution in [0.3, 0.4) is 0 Å². The molecular weight excluding hydrogens is 264 g/mol. The van der Waals surface area contributed by atoms with E-state index in [0.29, 0.717) is 5.95 Å². The van der Waals surface area contributed by atoms with E-state index < -0.39 is 0 Å². The van der Waals surface area contributed by atoms with Gasteiger partial charge in [-0.15, -0.1) is 0 Å². The molecule has 0 saturated heterocycles. The van der Waals surface area contributed by atoms with E-state index in [0.717, 1.165) is 18.7 Å². The highest BCUT2D eigenvalue weighted by Crippen LogP contribution is 2.28. The summed E-state index contributed by atoms with van der Waals surface area (Å²) in [4.78, 5) is 11.9. The van der Waals surface area contributed by atoms with E-state index in [9.17, 15) is 0 Å². The zero-order chi connectivity index (χ0) is 14.3. The standard InChI is InChI=1S/C16H16N4O/c1-2-5-13(6-3-1)14(15-7-4-10-21-15)8-9-18-16-19-11-17-12-20-16/h1-7,10-12,14H,8-9H2,(H,17,18,19,20)/t14-/m1/s1. The molecule has 3 aromatic rings. The van der Waals surface area contributed by atoms with E-state index in [2.05, 4.69) is 32.4 Å². The summed E-state index contributed by atoms with van der Waals surface area (Å²) in [6.45, 7) is 0.754. The number of nitrogens with zero attached hydrogens (tertiary/aromatic N) is 3. The number of furan rings is 1. The zero-order valence-corrected chi connectivity index (χ0v) is 11.5. The van der Waals surface area contributed by atoms with Crippen LogP contribution in [0.5, 0.6) is 0 Å². The molecule has 1 aromatic carbocycles. The van der Waals surface area contributed by atoms with Gasteiger partial charge in [0.05, 0.1) is 6.26 Å². The van der Waals surface area contributed by atoms with Gasteiger partial charge < -0.3 is 9.73 Å². The lowest BCUT2D eigenvalue weighted by Crippen LogP contribution is -2.10. The quantitative estimate of drug-likeness (QED) is 0.751. The molecule has 5 nitrogen and oxygen atoms in total. The first-order valence-corrected chi connectivity index (χ1v) is 6.88. The third-order valence-electron chi connectivity index (χ3n) is 3.30. The average molecular weight is 280 g/mol. The summed E-state index contributed by atoms with van der Waals surface area (Å²) >= 11 is 0. The fourth-order valence-corrected chi connectivity index (χ4v) is 2.31. The molecule has 0 saturated carbocycles. The van der Waals surface area contributed by atoms with Gasteiger partial charge in [-0.2, -0.15) is 0 Å². The van der Waals surface area contributed by atoms with Gasteiger partial charge in [0.2, 0.25) is 5.95 Å². The summed E-state index contributed by atoms with van der Waals surface area (Å²) < 4.78 is 5.58. The first-order chi connectivity index (χ1) is 10.4. The predicted molar refractivity (Wildman–Crippen MR) is 79.9 cm³/mol. The number of nitrogens with one attached hydrogen (secondary N) is 1. The summed E-state index contributed by atoms with van der Waals surface area (Å²) in [5, 5.41) is 3.20. The van der Waals surface area contributed by atoms with Crippen LogP contribution < -0.4 is 5.32 Å². The molecule has 0 aliphatic carbocycles. The predicted octanol–water partition coefficient (Wildman–Crippen LogP) is 3.10. The van der Waals surface area contributed by atoms with Crippen LogP contribution in [0.1, 0.15) is 23.7 Å². The molecule has 2 heterocycles. The van der Waals surface area contributed by atoms with Crippen LogP contribution in [0.4, 0.5) is 5.95 Å². The lowest BCUT2D eigenvalue weighted by atomic mass is 9.93. The molecule has 2 aromatic heterocycles. The second-order valence-corrected chi connectivity index (χ2v) is 4.66. The summed E-state index contributed by atoms with van der Waals surface area (Å²) in [6, 6.07) is 14.3. The molecule has 1 atom stereocenters. The Balaban J connectivity index is 1.69. The fraction of sp³-hybridized carbons (Fsp3) is 0.188. The molecule has 0 radical (unpaired) electrons. The Kier molecular flexibility index (Phi) is 4.21. The summed E-state index contributed by atoms with van der Waals surface area (Å²) in [5.41, 5.74) is 1.24. The first-order valence-electron chi connectivity index (χ1n) is 6.88. The Bertz CT molecular complexity index is 641. The van der Waals surface area contributed by atoms with Gasteiger partial charge >= 0.3 is 0 Å². The van der Waals surface area contributed by atoms with Gasteiger partial charge in [0.1, 0.15) is 18.4 Å². The van der Waals surface area contributed by atoms with Crippen LogP contribution in [-0.4, -0.2) is 21.5 Å². The van der Waals surface area contributed by atoms with Crippen molar-refractivity contribution in [3.63, 3.8) is 0 Å². The van der Waals surface area contributed by atoms with E-state index in [1.54, 1.807) is 6.26 Å². The van der Waals surface area contributed by atoms with Crippen LogP contribution >= 0.6 is 0 Å². The van der Waals surface area contributed by atoms with Crippen molar-refractivity contribution < 1.29 is 4.42 Å². The van der Waals surface area contributed by atoms with E-state index in [1.807, 2.05) is 30.3 Å². The Morgan fingerprint density at radius 1 is 1.00 bits per heavy atom. The van der Waals surface area contributed by atoms with E-state index >= 15 is 0 Å². The Morgan fingerprint density at radius 2 is 1.81 bits per heavy atom. The van der Waals surface area contributed by atoms with Gasteiger partial charge in [-0.3, -0.25) is 0 Å². The van der Waals surface area contributed by atoms with Crippen molar-refractivity contribution in [1.29, 1.82) is 0 Å². The topological polar surface area (TPSA) is 63.8 Å². The van der Waals surface area contributed by atoms with E-state index in [-0.39, 0.29) is 5.92 Å². The molecule has 0 spiro atoms. The van der Waals surface area contributed by atoms with Gasteiger partial charge in [-0.05, 0) is 24.1 Å².